The zero-order valence-corrected chi connectivity index (χ0v) is 17.9. The summed E-state index contributed by atoms with van der Waals surface area (Å²) in [6.45, 7) is 7.52. The molecular formula is C23H32O5. The monoisotopic (exact) mass is 388 g/mol. The highest BCUT2D eigenvalue weighted by Gasteiger charge is 2.69. The normalized spacial score (nSPS) is 37.6. The SMILES string of the molecule is COc1c(OC)c2c(c(OC)c1C(C)C)C1C[C@H]3[C@]4(C)CCC[C@]23C(OC4)O1. The van der Waals surface area contributed by atoms with E-state index >= 15 is 0 Å². The summed E-state index contributed by atoms with van der Waals surface area (Å²) in [4.78, 5) is 0. The first-order chi connectivity index (χ1) is 13.4. The highest BCUT2D eigenvalue weighted by molar-refractivity contribution is 5.69. The molecule has 3 fully saturated rings. The van der Waals surface area contributed by atoms with Gasteiger partial charge in [0.05, 0.1) is 39.5 Å². The fourth-order valence-corrected chi connectivity index (χ4v) is 6.93. The van der Waals surface area contributed by atoms with Crippen LogP contribution in [0.5, 0.6) is 17.2 Å². The van der Waals surface area contributed by atoms with Crippen LogP contribution < -0.4 is 14.2 Å². The molecule has 1 saturated carbocycles. The van der Waals surface area contributed by atoms with Crippen molar-refractivity contribution >= 4 is 0 Å². The fourth-order valence-electron chi connectivity index (χ4n) is 6.93. The molecule has 5 aliphatic rings. The Morgan fingerprint density at radius 3 is 2.36 bits per heavy atom. The zero-order valence-electron chi connectivity index (χ0n) is 17.9. The van der Waals surface area contributed by atoms with E-state index in [9.17, 15) is 0 Å². The van der Waals surface area contributed by atoms with Gasteiger partial charge in [0.2, 0.25) is 0 Å². The average molecular weight is 389 g/mol. The summed E-state index contributed by atoms with van der Waals surface area (Å²) in [5, 5.41) is 0. The van der Waals surface area contributed by atoms with Crippen LogP contribution in [0.3, 0.4) is 0 Å². The van der Waals surface area contributed by atoms with E-state index in [1.54, 1.807) is 21.3 Å². The van der Waals surface area contributed by atoms with Crippen molar-refractivity contribution in [3.05, 3.63) is 16.7 Å². The summed E-state index contributed by atoms with van der Waals surface area (Å²) < 4.78 is 31.0. The molecule has 2 aliphatic carbocycles. The van der Waals surface area contributed by atoms with Gasteiger partial charge in [0.25, 0.3) is 0 Å². The summed E-state index contributed by atoms with van der Waals surface area (Å²) >= 11 is 0. The zero-order chi connectivity index (χ0) is 19.8. The van der Waals surface area contributed by atoms with Gasteiger partial charge in [0.1, 0.15) is 5.75 Å². The quantitative estimate of drug-likeness (QED) is 0.747. The smallest absolute Gasteiger partial charge is 0.168 e. The second-order valence-electron chi connectivity index (χ2n) is 9.56. The van der Waals surface area contributed by atoms with Crippen LogP contribution in [0, 0.1) is 11.3 Å². The van der Waals surface area contributed by atoms with Crippen molar-refractivity contribution in [2.24, 2.45) is 11.3 Å². The third-order valence-corrected chi connectivity index (χ3v) is 7.94. The van der Waals surface area contributed by atoms with Gasteiger partial charge in [-0.3, -0.25) is 0 Å². The van der Waals surface area contributed by atoms with Crippen LogP contribution in [0.25, 0.3) is 0 Å². The van der Waals surface area contributed by atoms with Crippen LogP contribution >= 0.6 is 0 Å². The Kier molecular flexibility index (Phi) is 3.99. The maximum Gasteiger partial charge on any atom is 0.168 e. The van der Waals surface area contributed by atoms with Gasteiger partial charge in [0, 0.05) is 16.7 Å². The molecule has 1 spiro atoms. The predicted molar refractivity (Wildman–Crippen MR) is 105 cm³/mol. The van der Waals surface area contributed by atoms with Crippen molar-refractivity contribution in [1.29, 1.82) is 0 Å². The molecule has 1 aromatic carbocycles. The van der Waals surface area contributed by atoms with E-state index in [2.05, 4.69) is 20.8 Å². The molecule has 5 nitrogen and oxygen atoms in total. The van der Waals surface area contributed by atoms with Gasteiger partial charge in [-0.15, -0.1) is 0 Å². The predicted octanol–water partition coefficient (Wildman–Crippen LogP) is 4.71. The molecule has 0 radical (unpaired) electrons. The first-order valence-corrected chi connectivity index (χ1v) is 10.6. The van der Waals surface area contributed by atoms with E-state index < -0.39 is 0 Å². The fraction of sp³-hybridized carbons (Fsp3) is 0.739. The topological polar surface area (TPSA) is 46.2 Å². The lowest BCUT2D eigenvalue weighted by atomic mass is 9.46. The Labute approximate surface area is 167 Å². The van der Waals surface area contributed by atoms with Crippen LogP contribution in [0.1, 0.15) is 75.2 Å². The van der Waals surface area contributed by atoms with E-state index in [0.29, 0.717) is 5.92 Å². The molecule has 0 aromatic heterocycles. The van der Waals surface area contributed by atoms with Crippen LogP contribution in [-0.4, -0.2) is 34.2 Å². The van der Waals surface area contributed by atoms with Crippen molar-refractivity contribution < 1.29 is 23.7 Å². The minimum absolute atomic E-state index is 0.0168. The second kappa shape index (κ2) is 6.02. The Morgan fingerprint density at radius 1 is 1.00 bits per heavy atom. The average Bonchev–Trinajstić information content (AvgIpc) is 2.68. The Hall–Kier alpha value is -1.46. The van der Waals surface area contributed by atoms with E-state index in [1.807, 2.05) is 0 Å². The molecule has 6 rings (SSSR count). The highest BCUT2D eigenvalue weighted by atomic mass is 16.7. The van der Waals surface area contributed by atoms with Gasteiger partial charge in [-0.2, -0.15) is 0 Å². The van der Waals surface area contributed by atoms with Gasteiger partial charge < -0.3 is 23.7 Å². The van der Waals surface area contributed by atoms with Crippen LogP contribution in [0.4, 0.5) is 0 Å². The van der Waals surface area contributed by atoms with Crippen LogP contribution in [0.2, 0.25) is 0 Å². The number of ether oxygens (including phenoxy) is 5. The second-order valence-corrected chi connectivity index (χ2v) is 9.56. The summed E-state index contributed by atoms with van der Waals surface area (Å²) in [7, 11) is 5.25. The van der Waals surface area contributed by atoms with Gasteiger partial charge >= 0.3 is 0 Å². The minimum Gasteiger partial charge on any atom is -0.496 e. The number of hydrogen-bond donors (Lipinski definition) is 0. The van der Waals surface area contributed by atoms with Gasteiger partial charge in [-0.1, -0.05) is 27.2 Å². The standard InChI is InChI=1S/C23H32O5/c1-12(2)15-18(24-4)16-13-10-14-22(3)8-7-9-23(14,21(28-13)27-11-22)17(16)20(26-6)19(15)25-5/h12-14,21H,7-11H2,1-6H3/t13?,14-,21?,22+,23+/m0/s1. The first-order valence-electron chi connectivity index (χ1n) is 10.6. The Morgan fingerprint density at radius 2 is 1.71 bits per heavy atom. The lowest BCUT2D eigenvalue weighted by Gasteiger charge is -2.67. The molecule has 2 saturated heterocycles. The minimum atomic E-state index is -0.203. The van der Waals surface area contributed by atoms with Gasteiger partial charge in [0.15, 0.2) is 17.8 Å². The molecule has 154 valence electrons. The van der Waals surface area contributed by atoms with Crippen molar-refractivity contribution in [2.75, 3.05) is 27.9 Å². The maximum atomic E-state index is 6.56. The molecule has 28 heavy (non-hydrogen) atoms. The molecule has 5 heteroatoms. The van der Waals surface area contributed by atoms with E-state index in [0.717, 1.165) is 42.3 Å². The highest BCUT2D eigenvalue weighted by Crippen LogP contribution is 2.71. The lowest BCUT2D eigenvalue weighted by molar-refractivity contribution is -0.333. The molecule has 0 amide bonds. The number of benzene rings is 1. The number of hydrogen-bond acceptors (Lipinski definition) is 5. The van der Waals surface area contributed by atoms with E-state index in [1.165, 1.54) is 24.0 Å². The van der Waals surface area contributed by atoms with Crippen molar-refractivity contribution in [2.45, 2.75) is 70.2 Å². The molecule has 5 atom stereocenters. The molecule has 5 bridgehead atoms. The molecule has 3 heterocycles. The van der Waals surface area contributed by atoms with E-state index in [4.69, 9.17) is 23.7 Å². The first kappa shape index (κ1) is 18.6. The molecule has 1 aromatic rings. The van der Waals surface area contributed by atoms with Crippen molar-refractivity contribution in [1.82, 2.24) is 0 Å². The summed E-state index contributed by atoms with van der Waals surface area (Å²) in [6.07, 6.45) is 4.27. The molecule has 3 aliphatic heterocycles. The number of rotatable bonds is 4. The summed E-state index contributed by atoms with van der Waals surface area (Å²) in [6, 6.07) is 0. The van der Waals surface area contributed by atoms with Gasteiger partial charge in [-0.25, -0.2) is 0 Å². The largest absolute Gasteiger partial charge is 0.496 e. The molecule has 2 unspecified atom stereocenters. The summed E-state index contributed by atoms with van der Waals surface area (Å²) in [5.41, 5.74) is 3.48. The van der Waals surface area contributed by atoms with Crippen LogP contribution in [0.15, 0.2) is 0 Å². The Bertz CT molecular complexity index is 818. The molecular weight excluding hydrogens is 356 g/mol. The summed E-state index contributed by atoms with van der Waals surface area (Å²) in [5.74, 6) is 3.36. The van der Waals surface area contributed by atoms with Crippen molar-refractivity contribution in [3.63, 3.8) is 0 Å². The Balaban J connectivity index is 1.88. The van der Waals surface area contributed by atoms with Gasteiger partial charge in [-0.05, 0) is 36.5 Å². The third kappa shape index (κ3) is 2.00. The lowest BCUT2D eigenvalue weighted by Crippen LogP contribution is -2.67. The van der Waals surface area contributed by atoms with Crippen LogP contribution in [-0.2, 0) is 14.9 Å². The number of methoxy groups -OCH3 is 3. The molecule has 0 N–H and O–H groups in total. The van der Waals surface area contributed by atoms with Crippen molar-refractivity contribution in [3.8, 4) is 17.2 Å². The maximum absolute atomic E-state index is 6.56. The third-order valence-electron chi connectivity index (χ3n) is 7.94. The van der Waals surface area contributed by atoms with E-state index in [-0.39, 0.29) is 29.1 Å².